The minimum absolute atomic E-state index is 0.168. The zero-order chi connectivity index (χ0) is 15.5. The maximum atomic E-state index is 11.6. The molecule has 0 saturated carbocycles. The zero-order valence-electron chi connectivity index (χ0n) is 12.8. The second kappa shape index (κ2) is 6.45. The van der Waals surface area contributed by atoms with Crippen LogP contribution in [0.25, 0.3) is 0 Å². The highest BCUT2D eigenvalue weighted by Gasteiger charge is 2.46. The van der Waals surface area contributed by atoms with Gasteiger partial charge >= 0.3 is 13.1 Å². The summed E-state index contributed by atoms with van der Waals surface area (Å²) in [6.07, 6.45) is 0.143. The zero-order valence-corrected chi connectivity index (χ0v) is 12.8. The fourth-order valence-electron chi connectivity index (χ4n) is 2.46. The molecule has 1 aromatic carbocycles. The first-order valence-corrected chi connectivity index (χ1v) is 7.17. The quantitative estimate of drug-likeness (QED) is 0.474. The first kappa shape index (κ1) is 15.8. The lowest BCUT2D eigenvalue weighted by Crippen LogP contribution is -2.27. The van der Waals surface area contributed by atoms with Crippen molar-refractivity contribution in [2.75, 3.05) is 6.61 Å². The van der Waals surface area contributed by atoms with E-state index in [-0.39, 0.29) is 6.10 Å². The fourth-order valence-corrected chi connectivity index (χ4v) is 2.46. The van der Waals surface area contributed by atoms with Crippen molar-refractivity contribution in [2.24, 2.45) is 0 Å². The van der Waals surface area contributed by atoms with E-state index in [1.54, 1.807) is 6.92 Å². The molecule has 1 aliphatic rings. The summed E-state index contributed by atoms with van der Waals surface area (Å²) in [7, 11) is -0.484. The lowest BCUT2D eigenvalue weighted by Gasteiger charge is -2.25. The molecule has 0 amide bonds. The van der Waals surface area contributed by atoms with Crippen LogP contribution in [-0.2, 0) is 18.8 Å². The van der Waals surface area contributed by atoms with Gasteiger partial charge in [0.15, 0.2) is 0 Å². The number of benzene rings is 1. The minimum atomic E-state index is -0.484. The predicted octanol–water partition coefficient (Wildman–Crippen LogP) is 3.16. The molecular formula is C16H21BO4. The molecule has 1 atom stereocenters. The third-order valence-corrected chi connectivity index (χ3v) is 3.43. The molecule has 0 unspecified atom stereocenters. The first-order chi connectivity index (χ1) is 9.94. The molecule has 4 nitrogen and oxygen atoms in total. The van der Waals surface area contributed by atoms with Gasteiger partial charge in [-0.15, -0.1) is 0 Å². The number of carbonyl (C=O) groups excluding carboxylic acids is 1. The maximum absolute atomic E-state index is 11.6. The van der Waals surface area contributed by atoms with E-state index >= 15 is 0 Å². The number of rotatable bonds is 5. The molecule has 112 valence electrons. The number of hydrogen-bond acceptors (Lipinski definition) is 4. The van der Waals surface area contributed by atoms with Crippen LogP contribution < -0.4 is 0 Å². The minimum Gasteiger partial charge on any atom is -0.463 e. The van der Waals surface area contributed by atoms with Crippen LogP contribution in [0.5, 0.6) is 0 Å². The molecule has 5 heteroatoms. The Bertz CT molecular complexity index is 512. The van der Waals surface area contributed by atoms with Crippen LogP contribution in [0.15, 0.2) is 42.5 Å². The average molecular weight is 288 g/mol. The predicted molar refractivity (Wildman–Crippen MR) is 81.8 cm³/mol. The van der Waals surface area contributed by atoms with Gasteiger partial charge in [0.2, 0.25) is 0 Å². The summed E-state index contributed by atoms with van der Waals surface area (Å²) in [5.41, 5.74) is 0.971. The van der Waals surface area contributed by atoms with Gasteiger partial charge in [-0.05, 0) is 26.3 Å². The van der Waals surface area contributed by atoms with Crippen molar-refractivity contribution >= 4 is 13.1 Å². The van der Waals surface area contributed by atoms with Crippen LogP contribution >= 0.6 is 0 Å². The average Bonchev–Trinajstić information content (AvgIpc) is 2.74. The highest BCUT2D eigenvalue weighted by molar-refractivity contribution is 6.47. The molecule has 1 aliphatic heterocycles. The van der Waals surface area contributed by atoms with Gasteiger partial charge in [0.1, 0.15) is 0 Å². The normalized spacial score (nSPS) is 20.3. The topological polar surface area (TPSA) is 44.8 Å². The smallest absolute Gasteiger partial charge is 0.462 e. The van der Waals surface area contributed by atoms with Gasteiger partial charge in [-0.1, -0.05) is 36.9 Å². The SMILES string of the molecule is C=C(CB1O[C@H](c2ccccc2)C(C)(C)O1)C(=O)OCC. The van der Waals surface area contributed by atoms with Crippen molar-refractivity contribution in [3.8, 4) is 0 Å². The van der Waals surface area contributed by atoms with E-state index in [9.17, 15) is 4.79 Å². The van der Waals surface area contributed by atoms with Crippen LogP contribution in [0.3, 0.4) is 0 Å². The van der Waals surface area contributed by atoms with Gasteiger partial charge in [0, 0.05) is 11.9 Å². The molecule has 2 rings (SSSR count). The van der Waals surface area contributed by atoms with Gasteiger partial charge in [0.25, 0.3) is 0 Å². The van der Waals surface area contributed by atoms with E-state index in [0.29, 0.717) is 18.5 Å². The summed E-state index contributed by atoms with van der Waals surface area (Å²) in [6, 6.07) is 9.93. The van der Waals surface area contributed by atoms with Crippen molar-refractivity contribution in [1.29, 1.82) is 0 Å². The molecule has 0 spiro atoms. The number of esters is 1. The second-order valence-electron chi connectivity index (χ2n) is 5.61. The largest absolute Gasteiger partial charge is 0.463 e. The molecule has 1 heterocycles. The Kier molecular flexibility index (Phi) is 4.86. The Balaban J connectivity index is 2.03. The standard InChI is InChI=1S/C16H21BO4/c1-5-19-15(18)12(2)11-17-20-14(16(3,4)21-17)13-9-7-6-8-10-13/h6-10,14H,2,5,11H2,1,3-4H3/t14-/m1/s1. The van der Waals surface area contributed by atoms with Gasteiger partial charge in [0.05, 0.1) is 18.3 Å². The van der Waals surface area contributed by atoms with Crippen LogP contribution in [0, 0.1) is 0 Å². The van der Waals surface area contributed by atoms with Crippen molar-refractivity contribution < 1.29 is 18.8 Å². The number of ether oxygens (including phenoxy) is 1. The summed E-state index contributed by atoms with van der Waals surface area (Å²) in [6.45, 7) is 9.82. The van der Waals surface area contributed by atoms with Crippen molar-refractivity contribution in [3.05, 3.63) is 48.0 Å². The summed E-state index contributed by atoms with van der Waals surface area (Å²) in [4.78, 5) is 11.6. The van der Waals surface area contributed by atoms with Crippen LogP contribution in [0.2, 0.25) is 6.32 Å². The Hall–Kier alpha value is -1.59. The van der Waals surface area contributed by atoms with E-state index < -0.39 is 18.7 Å². The summed E-state index contributed by atoms with van der Waals surface area (Å²) < 4.78 is 16.8. The van der Waals surface area contributed by atoms with E-state index in [0.717, 1.165) is 5.56 Å². The molecule has 0 N–H and O–H groups in total. The van der Waals surface area contributed by atoms with E-state index in [1.165, 1.54) is 0 Å². The molecule has 21 heavy (non-hydrogen) atoms. The summed E-state index contributed by atoms with van der Waals surface area (Å²) in [5.74, 6) is -0.398. The van der Waals surface area contributed by atoms with Crippen LogP contribution in [0.1, 0.15) is 32.4 Å². The van der Waals surface area contributed by atoms with Crippen LogP contribution in [0.4, 0.5) is 0 Å². The molecule has 0 aliphatic carbocycles. The Morgan fingerprint density at radius 3 is 2.67 bits per heavy atom. The van der Waals surface area contributed by atoms with E-state index in [1.807, 2.05) is 44.2 Å². The third-order valence-electron chi connectivity index (χ3n) is 3.43. The van der Waals surface area contributed by atoms with Gasteiger partial charge in [-0.3, -0.25) is 0 Å². The molecular weight excluding hydrogens is 267 g/mol. The van der Waals surface area contributed by atoms with Crippen molar-refractivity contribution in [1.82, 2.24) is 0 Å². The maximum Gasteiger partial charge on any atom is 0.462 e. The highest BCUT2D eigenvalue weighted by atomic mass is 16.7. The Morgan fingerprint density at radius 2 is 2.05 bits per heavy atom. The third kappa shape index (κ3) is 3.74. The monoisotopic (exact) mass is 288 g/mol. The lowest BCUT2D eigenvalue weighted by molar-refractivity contribution is -0.138. The molecule has 0 bridgehead atoms. The van der Waals surface area contributed by atoms with Crippen molar-refractivity contribution in [3.63, 3.8) is 0 Å². The molecule has 1 fully saturated rings. The summed E-state index contributed by atoms with van der Waals surface area (Å²) >= 11 is 0. The van der Waals surface area contributed by atoms with Crippen molar-refractivity contribution in [2.45, 2.75) is 38.8 Å². The second-order valence-corrected chi connectivity index (χ2v) is 5.61. The fraction of sp³-hybridized carbons (Fsp3) is 0.438. The van der Waals surface area contributed by atoms with Gasteiger partial charge < -0.3 is 14.0 Å². The molecule has 0 radical (unpaired) electrons. The Labute approximate surface area is 126 Å². The molecule has 1 saturated heterocycles. The van der Waals surface area contributed by atoms with E-state index in [4.69, 9.17) is 14.0 Å². The summed E-state index contributed by atoms with van der Waals surface area (Å²) in [5, 5.41) is 0. The number of hydrogen-bond donors (Lipinski definition) is 0. The van der Waals surface area contributed by atoms with E-state index in [2.05, 4.69) is 6.58 Å². The molecule has 0 aromatic heterocycles. The van der Waals surface area contributed by atoms with Crippen LogP contribution in [-0.4, -0.2) is 25.3 Å². The lowest BCUT2D eigenvalue weighted by atomic mass is 9.81. The first-order valence-electron chi connectivity index (χ1n) is 7.17. The van der Waals surface area contributed by atoms with Gasteiger partial charge in [-0.2, -0.15) is 0 Å². The number of carbonyl (C=O) groups is 1. The van der Waals surface area contributed by atoms with Gasteiger partial charge in [-0.25, -0.2) is 4.79 Å². The molecule has 1 aromatic rings. The highest BCUT2D eigenvalue weighted by Crippen LogP contribution is 2.40. The Morgan fingerprint density at radius 1 is 1.38 bits per heavy atom.